The molecule has 0 aliphatic carbocycles. The van der Waals surface area contributed by atoms with E-state index >= 15 is 0 Å². The molecule has 0 saturated carbocycles. The van der Waals surface area contributed by atoms with Crippen LogP contribution in [0.5, 0.6) is 0 Å². The van der Waals surface area contributed by atoms with Crippen molar-refractivity contribution < 1.29 is 13.2 Å². The number of hydrogen-bond acceptors (Lipinski definition) is 2. The molecule has 2 nitrogen and oxygen atoms in total. The Morgan fingerprint density at radius 3 is 2.26 bits per heavy atom. The largest absolute Gasteiger partial charge is 0.416 e. The molecule has 19 heavy (non-hydrogen) atoms. The minimum atomic E-state index is -4.37. The van der Waals surface area contributed by atoms with Gasteiger partial charge in [0.15, 0.2) is 0 Å². The molecule has 2 rings (SSSR count). The lowest BCUT2D eigenvalue weighted by molar-refractivity contribution is -0.137. The first kappa shape index (κ1) is 13.6. The second kappa shape index (κ2) is 4.11. The van der Waals surface area contributed by atoms with Crippen molar-refractivity contribution in [2.24, 2.45) is 0 Å². The first-order chi connectivity index (χ1) is 8.60. The minimum absolute atomic E-state index is 0.352. The Kier molecular flexibility index (Phi) is 2.96. The molecule has 1 heterocycles. The molecular formula is C14H15F3N2. The standard InChI is InChI=1S/C14H15F3N2/c1-13(2,3)12-9-6-8(14(15,16)17)4-5-11(9)19-7-10(12)18/h4-7H,18H2,1-3H3. The molecule has 102 valence electrons. The Morgan fingerprint density at radius 1 is 1.11 bits per heavy atom. The fourth-order valence-corrected chi connectivity index (χ4v) is 2.22. The summed E-state index contributed by atoms with van der Waals surface area (Å²) in [4.78, 5) is 4.09. The highest BCUT2D eigenvalue weighted by atomic mass is 19.4. The maximum atomic E-state index is 12.8. The van der Waals surface area contributed by atoms with E-state index in [0.717, 1.165) is 12.1 Å². The van der Waals surface area contributed by atoms with Crippen molar-refractivity contribution in [3.05, 3.63) is 35.5 Å². The fourth-order valence-electron chi connectivity index (χ4n) is 2.22. The molecule has 1 aromatic heterocycles. The van der Waals surface area contributed by atoms with Crippen molar-refractivity contribution in [3.8, 4) is 0 Å². The van der Waals surface area contributed by atoms with Crippen LogP contribution < -0.4 is 5.73 Å². The van der Waals surface area contributed by atoms with Gasteiger partial charge in [0.1, 0.15) is 0 Å². The number of benzene rings is 1. The predicted molar refractivity (Wildman–Crippen MR) is 69.9 cm³/mol. The van der Waals surface area contributed by atoms with Gasteiger partial charge in [0.25, 0.3) is 0 Å². The van der Waals surface area contributed by atoms with E-state index < -0.39 is 11.7 Å². The number of fused-ring (bicyclic) bond motifs is 1. The second-order valence-corrected chi connectivity index (χ2v) is 5.57. The first-order valence-corrected chi connectivity index (χ1v) is 5.86. The molecule has 0 radical (unpaired) electrons. The maximum Gasteiger partial charge on any atom is 0.416 e. The van der Waals surface area contributed by atoms with Gasteiger partial charge in [-0.15, -0.1) is 0 Å². The highest BCUT2D eigenvalue weighted by molar-refractivity contribution is 5.88. The van der Waals surface area contributed by atoms with E-state index in [0.29, 0.717) is 22.2 Å². The van der Waals surface area contributed by atoms with Crippen LogP contribution in [0.1, 0.15) is 31.9 Å². The van der Waals surface area contributed by atoms with Gasteiger partial charge in [0.05, 0.1) is 23.0 Å². The van der Waals surface area contributed by atoms with E-state index in [9.17, 15) is 13.2 Å². The Morgan fingerprint density at radius 2 is 1.74 bits per heavy atom. The van der Waals surface area contributed by atoms with Crippen LogP contribution >= 0.6 is 0 Å². The third-order valence-corrected chi connectivity index (χ3v) is 2.97. The first-order valence-electron chi connectivity index (χ1n) is 5.86. The van der Waals surface area contributed by atoms with Crippen LogP contribution in [-0.4, -0.2) is 4.98 Å². The SMILES string of the molecule is CC(C)(C)c1c(N)cnc2ccc(C(F)(F)F)cc12. The van der Waals surface area contributed by atoms with Gasteiger partial charge < -0.3 is 5.73 Å². The molecule has 0 spiro atoms. The number of alkyl halides is 3. The van der Waals surface area contributed by atoms with Crippen molar-refractivity contribution in [3.63, 3.8) is 0 Å². The number of halogens is 3. The summed E-state index contributed by atoms with van der Waals surface area (Å²) in [6.45, 7) is 5.75. The summed E-state index contributed by atoms with van der Waals surface area (Å²) in [5.41, 5.74) is 6.49. The average molecular weight is 268 g/mol. The van der Waals surface area contributed by atoms with Gasteiger partial charge in [0.2, 0.25) is 0 Å². The molecule has 2 aromatic rings. The highest BCUT2D eigenvalue weighted by Gasteiger charge is 2.31. The minimum Gasteiger partial charge on any atom is -0.397 e. The van der Waals surface area contributed by atoms with Gasteiger partial charge in [0, 0.05) is 5.39 Å². The number of pyridine rings is 1. The quantitative estimate of drug-likeness (QED) is 0.780. The summed E-state index contributed by atoms with van der Waals surface area (Å²) in [5.74, 6) is 0. The normalized spacial score (nSPS) is 12.9. The molecule has 0 unspecified atom stereocenters. The molecule has 2 N–H and O–H groups in total. The monoisotopic (exact) mass is 268 g/mol. The number of nitrogens with zero attached hydrogens (tertiary/aromatic N) is 1. The van der Waals surface area contributed by atoms with Crippen LogP contribution in [0.4, 0.5) is 18.9 Å². The molecule has 5 heteroatoms. The van der Waals surface area contributed by atoms with Crippen LogP contribution in [0.25, 0.3) is 10.9 Å². The Bertz CT molecular complexity index is 625. The number of anilines is 1. The van der Waals surface area contributed by atoms with Crippen LogP contribution in [0, 0.1) is 0 Å². The van der Waals surface area contributed by atoms with E-state index in [1.165, 1.54) is 12.3 Å². The molecule has 0 amide bonds. The number of nitrogens with two attached hydrogens (primary N) is 1. The van der Waals surface area contributed by atoms with Crippen molar-refractivity contribution >= 4 is 16.6 Å². The Hall–Kier alpha value is -1.78. The lowest BCUT2D eigenvalue weighted by atomic mass is 9.83. The molecular weight excluding hydrogens is 253 g/mol. The zero-order valence-corrected chi connectivity index (χ0v) is 11.0. The van der Waals surface area contributed by atoms with Gasteiger partial charge in [-0.3, -0.25) is 4.98 Å². The van der Waals surface area contributed by atoms with Crippen molar-refractivity contribution in [1.29, 1.82) is 0 Å². The van der Waals surface area contributed by atoms with Crippen LogP contribution in [0.2, 0.25) is 0 Å². The molecule has 0 fully saturated rings. The molecule has 0 aliphatic rings. The smallest absolute Gasteiger partial charge is 0.397 e. The molecule has 0 saturated heterocycles. The summed E-state index contributed by atoms with van der Waals surface area (Å²) in [6.07, 6.45) is -2.87. The lowest BCUT2D eigenvalue weighted by Crippen LogP contribution is -2.15. The van der Waals surface area contributed by atoms with Gasteiger partial charge in [-0.05, 0) is 29.2 Å². The van der Waals surface area contributed by atoms with Crippen molar-refractivity contribution in [2.45, 2.75) is 32.4 Å². The summed E-state index contributed by atoms with van der Waals surface area (Å²) in [5, 5.41) is 0.460. The average Bonchev–Trinajstić information content (AvgIpc) is 2.24. The molecule has 0 atom stereocenters. The number of aromatic nitrogens is 1. The summed E-state index contributed by atoms with van der Waals surface area (Å²) < 4.78 is 38.4. The zero-order valence-electron chi connectivity index (χ0n) is 11.0. The topological polar surface area (TPSA) is 38.9 Å². The van der Waals surface area contributed by atoms with E-state index in [-0.39, 0.29) is 5.41 Å². The number of nitrogen functional groups attached to an aromatic ring is 1. The van der Waals surface area contributed by atoms with Crippen LogP contribution in [-0.2, 0) is 11.6 Å². The lowest BCUT2D eigenvalue weighted by Gasteiger charge is -2.23. The molecule has 1 aromatic carbocycles. The fraction of sp³-hybridized carbons (Fsp3) is 0.357. The van der Waals surface area contributed by atoms with E-state index in [1.807, 2.05) is 20.8 Å². The highest BCUT2D eigenvalue weighted by Crippen LogP contribution is 2.37. The van der Waals surface area contributed by atoms with Crippen LogP contribution in [0.3, 0.4) is 0 Å². The number of rotatable bonds is 0. The van der Waals surface area contributed by atoms with E-state index in [1.54, 1.807) is 0 Å². The summed E-state index contributed by atoms with van der Waals surface area (Å²) in [6, 6.07) is 3.55. The van der Waals surface area contributed by atoms with Crippen molar-refractivity contribution in [1.82, 2.24) is 4.98 Å². The summed E-state index contributed by atoms with van der Waals surface area (Å²) in [7, 11) is 0. The van der Waals surface area contributed by atoms with E-state index in [4.69, 9.17) is 5.73 Å². The Balaban J connectivity index is 2.83. The van der Waals surface area contributed by atoms with Gasteiger partial charge in [-0.1, -0.05) is 20.8 Å². The number of hydrogen-bond donors (Lipinski definition) is 1. The third kappa shape index (κ3) is 2.50. The second-order valence-electron chi connectivity index (χ2n) is 5.57. The summed E-state index contributed by atoms with van der Waals surface area (Å²) >= 11 is 0. The van der Waals surface area contributed by atoms with Crippen LogP contribution in [0.15, 0.2) is 24.4 Å². The zero-order chi connectivity index (χ0) is 14.4. The van der Waals surface area contributed by atoms with Gasteiger partial charge >= 0.3 is 6.18 Å². The third-order valence-electron chi connectivity index (χ3n) is 2.97. The molecule has 0 aliphatic heterocycles. The predicted octanol–water partition coefficient (Wildman–Crippen LogP) is 4.13. The molecule has 0 bridgehead atoms. The maximum absolute atomic E-state index is 12.8. The van der Waals surface area contributed by atoms with E-state index in [2.05, 4.69) is 4.98 Å². The Labute approximate surface area is 109 Å². The van der Waals surface area contributed by atoms with Gasteiger partial charge in [-0.25, -0.2) is 0 Å². The van der Waals surface area contributed by atoms with Crippen molar-refractivity contribution in [2.75, 3.05) is 5.73 Å². The van der Waals surface area contributed by atoms with Gasteiger partial charge in [-0.2, -0.15) is 13.2 Å².